The first kappa shape index (κ1) is 12.6. The lowest BCUT2D eigenvalue weighted by molar-refractivity contribution is 0.0914. The fraction of sp³-hybridized carbons (Fsp3) is 0.417. The maximum absolute atomic E-state index is 13.1. The highest BCUT2D eigenvalue weighted by Gasteiger charge is 2.12. The van der Waals surface area contributed by atoms with E-state index in [9.17, 15) is 9.18 Å². The number of hydrogen-bond donors (Lipinski definition) is 2. The van der Waals surface area contributed by atoms with E-state index >= 15 is 0 Å². The van der Waals surface area contributed by atoms with Crippen LogP contribution in [0.3, 0.4) is 0 Å². The van der Waals surface area contributed by atoms with Crippen LogP contribution in [-0.2, 0) is 0 Å². The van der Waals surface area contributed by atoms with E-state index in [4.69, 9.17) is 5.11 Å². The maximum Gasteiger partial charge on any atom is 0.251 e. The van der Waals surface area contributed by atoms with Crippen molar-refractivity contribution >= 4 is 5.91 Å². The number of rotatable bonds is 4. The van der Waals surface area contributed by atoms with Crippen LogP contribution in [0, 0.1) is 12.7 Å². The molecule has 0 aliphatic rings. The van der Waals surface area contributed by atoms with E-state index in [2.05, 4.69) is 5.32 Å². The lowest BCUT2D eigenvalue weighted by Crippen LogP contribution is -2.36. The second-order valence-corrected chi connectivity index (χ2v) is 3.78. The summed E-state index contributed by atoms with van der Waals surface area (Å²) in [4.78, 5) is 11.7. The molecule has 3 nitrogen and oxygen atoms in total. The molecule has 0 saturated carbocycles. The normalized spacial score (nSPS) is 12.2. The molecule has 0 spiro atoms. The lowest BCUT2D eigenvalue weighted by atomic mass is 10.1. The monoisotopic (exact) mass is 225 g/mol. The summed E-state index contributed by atoms with van der Waals surface area (Å²) in [5.74, 6) is -0.786. The molecule has 1 atom stereocenters. The van der Waals surface area contributed by atoms with Gasteiger partial charge in [-0.15, -0.1) is 0 Å². The van der Waals surface area contributed by atoms with Crippen molar-refractivity contribution in [2.75, 3.05) is 6.61 Å². The Hall–Kier alpha value is -1.42. The van der Waals surface area contributed by atoms with Crippen LogP contribution in [0.1, 0.15) is 29.3 Å². The fourth-order valence-corrected chi connectivity index (χ4v) is 1.41. The molecule has 88 valence electrons. The average Bonchev–Trinajstić information content (AvgIpc) is 2.24. The quantitative estimate of drug-likeness (QED) is 0.818. The number of benzene rings is 1. The number of carbonyl (C=O) groups excluding carboxylic acids is 1. The molecule has 0 aromatic heterocycles. The third-order valence-electron chi connectivity index (χ3n) is 2.35. The smallest absolute Gasteiger partial charge is 0.251 e. The average molecular weight is 225 g/mol. The van der Waals surface area contributed by atoms with Crippen LogP contribution in [0.4, 0.5) is 4.39 Å². The van der Waals surface area contributed by atoms with Gasteiger partial charge in [0.1, 0.15) is 5.82 Å². The van der Waals surface area contributed by atoms with Gasteiger partial charge in [-0.25, -0.2) is 4.39 Å². The first-order valence-electron chi connectivity index (χ1n) is 5.25. The molecule has 1 aromatic rings. The van der Waals surface area contributed by atoms with Crippen molar-refractivity contribution in [3.8, 4) is 0 Å². The summed E-state index contributed by atoms with van der Waals surface area (Å²) in [7, 11) is 0. The molecule has 1 rings (SSSR count). The first-order valence-corrected chi connectivity index (χ1v) is 5.25. The summed E-state index contributed by atoms with van der Waals surface area (Å²) in [5.41, 5.74) is 0.978. The zero-order valence-corrected chi connectivity index (χ0v) is 9.46. The molecular formula is C12H16FNO2. The van der Waals surface area contributed by atoms with Gasteiger partial charge in [-0.1, -0.05) is 6.92 Å². The molecule has 0 radical (unpaired) electrons. The molecule has 0 saturated heterocycles. The van der Waals surface area contributed by atoms with E-state index in [0.29, 0.717) is 12.0 Å². The van der Waals surface area contributed by atoms with Crippen molar-refractivity contribution in [3.05, 3.63) is 35.1 Å². The van der Waals surface area contributed by atoms with Gasteiger partial charge < -0.3 is 10.4 Å². The topological polar surface area (TPSA) is 49.3 Å². The third-order valence-corrected chi connectivity index (χ3v) is 2.35. The highest BCUT2D eigenvalue weighted by molar-refractivity contribution is 5.94. The summed E-state index contributed by atoms with van der Waals surface area (Å²) in [5, 5.41) is 11.6. The SMILES string of the molecule is CC[C@H](CO)NC(=O)c1cc(C)cc(F)c1. The van der Waals surface area contributed by atoms with Crippen LogP contribution in [0.15, 0.2) is 18.2 Å². The number of aryl methyl sites for hydroxylation is 1. The number of aliphatic hydroxyl groups excluding tert-OH is 1. The van der Waals surface area contributed by atoms with Crippen molar-refractivity contribution in [2.45, 2.75) is 26.3 Å². The molecule has 1 amide bonds. The predicted octanol–water partition coefficient (Wildman–Crippen LogP) is 1.63. The van der Waals surface area contributed by atoms with Crippen molar-refractivity contribution in [2.24, 2.45) is 0 Å². The highest BCUT2D eigenvalue weighted by atomic mass is 19.1. The van der Waals surface area contributed by atoms with Gasteiger partial charge in [-0.3, -0.25) is 4.79 Å². The zero-order chi connectivity index (χ0) is 12.1. The van der Waals surface area contributed by atoms with Crippen LogP contribution < -0.4 is 5.32 Å². The molecular weight excluding hydrogens is 209 g/mol. The van der Waals surface area contributed by atoms with Crippen molar-refractivity contribution < 1.29 is 14.3 Å². The number of aliphatic hydroxyl groups is 1. The summed E-state index contributed by atoms with van der Waals surface area (Å²) >= 11 is 0. The van der Waals surface area contributed by atoms with Crippen molar-refractivity contribution in [1.29, 1.82) is 0 Å². The van der Waals surface area contributed by atoms with Crippen LogP contribution in [-0.4, -0.2) is 23.7 Å². The molecule has 4 heteroatoms. The van der Waals surface area contributed by atoms with Crippen molar-refractivity contribution in [3.63, 3.8) is 0 Å². The molecule has 0 bridgehead atoms. The Morgan fingerprint density at radius 2 is 2.19 bits per heavy atom. The lowest BCUT2D eigenvalue weighted by Gasteiger charge is -2.14. The van der Waals surface area contributed by atoms with Gasteiger partial charge in [0.25, 0.3) is 5.91 Å². The van der Waals surface area contributed by atoms with Crippen molar-refractivity contribution in [1.82, 2.24) is 5.32 Å². The second-order valence-electron chi connectivity index (χ2n) is 3.78. The van der Waals surface area contributed by atoms with Crippen LogP contribution in [0.2, 0.25) is 0 Å². The van der Waals surface area contributed by atoms with Crippen LogP contribution >= 0.6 is 0 Å². The summed E-state index contributed by atoms with van der Waals surface area (Å²) in [6.45, 7) is 3.47. The highest BCUT2D eigenvalue weighted by Crippen LogP contribution is 2.08. The van der Waals surface area contributed by atoms with E-state index in [0.717, 1.165) is 0 Å². The maximum atomic E-state index is 13.1. The Labute approximate surface area is 94.3 Å². The second kappa shape index (κ2) is 5.61. The minimum atomic E-state index is -0.429. The first-order chi connectivity index (χ1) is 7.56. The third kappa shape index (κ3) is 3.31. The van der Waals surface area contributed by atoms with Gasteiger partial charge in [0.2, 0.25) is 0 Å². The Balaban J connectivity index is 2.80. The standard InChI is InChI=1S/C12H16FNO2/c1-3-11(7-15)14-12(16)9-4-8(2)5-10(13)6-9/h4-6,11,15H,3,7H2,1-2H3,(H,14,16)/t11-/m1/s1. The van der Waals surface area contributed by atoms with Gasteiger partial charge in [0.05, 0.1) is 12.6 Å². The predicted molar refractivity (Wildman–Crippen MR) is 59.8 cm³/mol. The molecule has 0 heterocycles. The number of carbonyl (C=O) groups is 1. The molecule has 0 fully saturated rings. The minimum Gasteiger partial charge on any atom is -0.394 e. The minimum absolute atomic E-state index is 0.115. The van der Waals surface area contributed by atoms with E-state index in [1.807, 2.05) is 6.92 Å². The zero-order valence-electron chi connectivity index (χ0n) is 9.46. The molecule has 0 aliphatic heterocycles. The van der Waals surface area contributed by atoms with Gasteiger partial charge >= 0.3 is 0 Å². The van der Waals surface area contributed by atoms with Gasteiger partial charge in [-0.2, -0.15) is 0 Å². The summed E-state index contributed by atoms with van der Waals surface area (Å²) in [6, 6.07) is 3.88. The van der Waals surface area contributed by atoms with Gasteiger partial charge in [0.15, 0.2) is 0 Å². The van der Waals surface area contributed by atoms with Gasteiger partial charge in [-0.05, 0) is 37.1 Å². The van der Waals surface area contributed by atoms with E-state index in [1.54, 1.807) is 13.0 Å². The van der Waals surface area contributed by atoms with Gasteiger partial charge in [0, 0.05) is 5.56 Å². The number of hydrogen-bond acceptors (Lipinski definition) is 2. The van der Waals surface area contributed by atoms with E-state index in [-0.39, 0.29) is 24.1 Å². The molecule has 2 N–H and O–H groups in total. The fourth-order valence-electron chi connectivity index (χ4n) is 1.41. The molecule has 0 aliphatic carbocycles. The Morgan fingerprint density at radius 3 is 2.69 bits per heavy atom. The van der Waals surface area contributed by atoms with Crippen LogP contribution in [0.25, 0.3) is 0 Å². The Bertz CT molecular complexity index is 355. The Kier molecular flexibility index (Phi) is 4.43. The molecule has 16 heavy (non-hydrogen) atoms. The number of halogens is 1. The summed E-state index contributed by atoms with van der Waals surface area (Å²) < 4.78 is 13.1. The Morgan fingerprint density at radius 1 is 1.50 bits per heavy atom. The molecule has 0 unspecified atom stereocenters. The number of nitrogens with one attached hydrogen (secondary N) is 1. The van der Waals surface area contributed by atoms with Crippen LogP contribution in [0.5, 0.6) is 0 Å². The summed E-state index contributed by atoms with van der Waals surface area (Å²) in [6.07, 6.45) is 0.635. The number of amides is 1. The van der Waals surface area contributed by atoms with E-state index < -0.39 is 5.82 Å². The molecule has 1 aromatic carbocycles. The van der Waals surface area contributed by atoms with E-state index in [1.165, 1.54) is 12.1 Å². The largest absolute Gasteiger partial charge is 0.394 e.